The third kappa shape index (κ3) is 3.65. The number of rotatable bonds is 3. The molecule has 3 amide bonds. The Labute approximate surface area is 130 Å². The van der Waals surface area contributed by atoms with Crippen molar-refractivity contribution in [1.82, 2.24) is 10.2 Å². The van der Waals surface area contributed by atoms with Crippen LogP contribution in [-0.2, 0) is 14.4 Å². The monoisotopic (exact) mass is 330 g/mol. The van der Waals surface area contributed by atoms with Crippen LogP contribution < -0.4 is 10.1 Å². The summed E-state index contributed by atoms with van der Waals surface area (Å²) in [6, 6.07) is 3.89. The molecule has 1 aromatic rings. The molecular weight excluding hydrogens is 319 g/mol. The fourth-order valence-electron chi connectivity index (χ4n) is 1.83. The topological polar surface area (TPSA) is 75.7 Å². The molecule has 1 aliphatic rings. The molecule has 1 heterocycles. The van der Waals surface area contributed by atoms with Gasteiger partial charge in [-0.1, -0.05) is 23.2 Å². The Kier molecular flexibility index (Phi) is 4.69. The molecule has 8 heteroatoms. The number of hydrogen-bond donors (Lipinski definition) is 1. The van der Waals surface area contributed by atoms with Crippen molar-refractivity contribution in [2.45, 2.75) is 13.0 Å². The quantitative estimate of drug-likeness (QED) is 0.846. The van der Waals surface area contributed by atoms with Gasteiger partial charge in [0.05, 0.1) is 5.02 Å². The third-order valence-electron chi connectivity index (χ3n) is 2.99. The van der Waals surface area contributed by atoms with Crippen LogP contribution in [0.25, 0.3) is 0 Å². The molecule has 1 N–H and O–H groups in total. The van der Waals surface area contributed by atoms with Gasteiger partial charge in [-0.2, -0.15) is 0 Å². The molecule has 21 heavy (non-hydrogen) atoms. The van der Waals surface area contributed by atoms with E-state index in [2.05, 4.69) is 5.32 Å². The standard InChI is InChI=1S/C13H12Cl2N2O4/c1-7-13(20)16-11(18)5-17(7)12(19)6-21-10-4-8(14)2-3-9(10)15/h2-4,7H,5-6H2,1H3,(H,16,18,20). The fourth-order valence-corrected chi connectivity index (χ4v) is 2.16. The largest absolute Gasteiger partial charge is 0.482 e. The molecule has 1 aliphatic heterocycles. The Balaban J connectivity index is 2.02. The Morgan fingerprint density at radius 2 is 2.14 bits per heavy atom. The molecule has 1 atom stereocenters. The Bertz CT molecular complexity index is 606. The van der Waals surface area contributed by atoms with Gasteiger partial charge in [-0.25, -0.2) is 0 Å². The van der Waals surface area contributed by atoms with Crippen LogP contribution >= 0.6 is 23.2 Å². The van der Waals surface area contributed by atoms with E-state index in [1.165, 1.54) is 13.0 Å². The number of carbonyl (C=O) groups is 3. The zero-order valence-corrected chi connectivity index (χ0v) is 12.6. The van der Waals surface area contributed by atoms with Crippen molar-refractivity contribution in [3.8, 4) is 5.75 Å². The van der Waals surface area contributed by atoms with Crippen LogP contribution in [0, 0.1) is 0 Å². The van der Waals surface area contributed by atoms with E-state index in [-0.39, 0.29) is 18.9 Å². The van der Waals surface area contributed by atoms with Crippen molar-refractivity contribution in [3.63, 3.8) is 0 Å². The molecular formula is C13H12Cl2N2O4. The molecule has 0 aliphatic carbocycles. The molecule has 1 unspecified atom stereocenters. The lowest BCUT2D eigenvalue weighted by Gasteiger charge is -2.31. The van der Waals surface area contributed by atoms with E-state index in [0.29, 0.717) is 10.0 Å². The number of ether oxygens (including phenoxy) is 1. The van der Waals surface area contributed by atoms with E-state index in [1.807, 2.05) is 0 Å². The van der Waals surface area contributed by atoms with Gasteiger partial charge in [-0.05, 0) is 19.1 Å². The van der Waals surface area contributed by atoms with Gasteiger partial charge in [0.15, 0.2) is 6.61 Å². The summed E-state index contributed by atoms with van der Waals surface area (Å²) in [7, 11) is 0. The van der Waals surface area contributed by atoms with E-state index in [4.69, 9.17) is 27.9 Å². The minimum Gasteiger partial charge on any atom is -0.482 e. The lowest BCUT2D eigenvalue weighted by molar-refractivity contribution is -0.150. The third-order valence-corrected chi connectivity index (χ3v) is 3.54. The lowest BCUT2D eigenvalue weighted by atomic mass is 10.2. The predicted octanol–water partition coefficient (Wildman–Crippen LogP) is 1.25. The summed E-state index contributed by atoms with van der Waals surface area (Å²) >= 11 is 11.7. The van der Waals surface area contributed by atoms with Crippen LogP contribution in [0.5, 0.6) is 5.75 Å². The van der Waals surface area contributed by atoms with Crippen molar-refractivity contribution < 1.29 is 19.1 Å². The van der Waals surface area contributed by atoms with Gasteiger partial charge in [0.25, 0.3) is 5.91 Å². The van der Waals surface area contributed by atoms with Crippen molar-refractivity contribution >= 4 is 40.9 Å². The molecule has 0 radical (unpaired) electrons. The number of benzene rings is 1. The SMILES string of the molecule is CC1C(=O)NC(=O)CN1C(=O)COc1cc(Cl)ccc1Cl. The second-order valence-electron chi connectivity index (χ2n) is 4.47. The van der Waals surface area contributed by atoms with Gasteiger partial charge in [-0.15, -0.1) is 0 Å². The molecule has 1 saturated heterocycles. The van der Waals surface area contributed by atoms with Crippen molar-refractivity contribution in [3.05, 3.63) is 28.2 Å². The van der Waals surface area contributed by atoms with Gasteiger partial charge in [0.2, 0.25) is 11.8 Å². The number of nitrogens with zero attached hydrogens (tertiary/aromatic N) is 1. The minimum atomic E-state index is -0.728. The summed E-state index contributed by atoms with van der Waals surface area (Å²) in [5.41, 5.74) is 0. The molecule has 1 aromatic carbocycles. The zero-order chi connectivity index (χ0) is 15.6. The van der Waals surface area contributed by atoms with E-state index < -0.39 is 23.8 Å². The minimum absolute atomic E-state index is 0.182. The van der Waals surface area contributed by atoms with Gasteiger partial charge in [0, 0.05) is 11.1 Å². The first kappa shape index (κ1) is 15.6. The van der Waals surface area contributed by atoms with E-state index in [9.17, 15) is 14.4 Å². The Hall–Kier alpha value is -1.79. The van der Waals surface area contributed by atoms with Crippen LogP contribution in [0.4, 0.5) is 0 Å². The molecule has 0 aromatic heterocycles. The summed E-state index contributed by atoms with van der Waals surface area (Å²) in [4.78, 5) is 36.0. The normalized spacial score (nSPS) is 18.4. The number of piperazine rings is 1. The molecule has 0 bridgehead atoms. The van der Waals surface area contributed by atoms with Crippen molar-refractivity contribution in [1.29, 1.82) is 0 Å². The van der Waals surface area contributed by atoms with Crippen LogP contribution in [0.15, 0.2) is 18.2 Å². The van der Waals surface area contributed by atoms with Gasteiger partial charge < -0.3 is 9.64 Å². The van der Waals surface area contributed by atoms with Crippen LogP contribution in [0.1, 0.15) is 6.92 Å². The fraction of sp³-hybridized carbons (Fsp3) is 0.308. The van der Waals surface area contributed by atoms with Crippen LogP contribution in [0.2, 0.25) is 10.0 Å². The van der Waals surface area contributed by atoms with Gasteiger partial charge in [-0.3, -0.25) is 19.7 Å². The number of hydrogen-bond acceptors (Lipinski definition) is 4. The first-order chi connectivity index (χ1) is 9.88. The maximum atomic E-state index is 12.1. The summed E-state index contributed by atoms with van der Waals surface area (Å²) < 4.78 is 5.30. The molecule has 1 fully saturated rings. The molecule has 0 saturated carbocycles. The molecule has 2 rings (SSSR count). The summed E-state index contributed by atoms with van der Waals surface area (Å²) in [5, 5.41) is 2.89. The Morgan fingerprint density at radius 3 is 2.86 bits per heavy atom. The number of carbonyl (C=O) groups excluding carboxylic acids is 3. The molecule has 112 valence electrons. The Morgan fingerprint density at radius 1 is 1.43 bits per heavy atom. The molecule has 6 nitrogen and oxygen atoms in total. The smallest absolute Gasteiger partial charge is 0.261 e. The average molecular weight is 331 g/mol. The zero-order valence-electron chi connectivity index (χ0n) is 11.1. The maximum absolute atomic E-state index is 12.1. The highest BCUT2D eigenvalue weighted by atomic mass is 35.5. The maximum Gasteiger partial charge on any atom is 0.261 e. The first-order valence-corrected chi connectivity index (χ1v) is 6.85. The highest BCUT2D eigenvalue weighted by Gasteiger charge is 2.33. The predicted molar refractivity (Wildman–Crippen MR) is 76.3 cm³/mol. The van der Waals surface area contributed by atoms with Crippen molar-refractivity contribution in [2.24, 2.45) is 0 Å². The van der Waals surface area contributed by atoms with Crippen molar-refractivity contribution in [2.75, 3.05) is 13.2 Å². The summed E-state index contributed by atoms with van der Waals surface area (Å²) in [5.74, 6) is -1.26. The first-order valence-electron chi connectivity index (χ1n) is 6.09. The second-order valence-corrected chi connectivity index (χ2v) is 5.32. The summed E-state index contributed by atoms with van der Waals surface area (Å²) in [6.07, 6.45) is 0. The highest BCUT2D eigenvalue weighted by Crippen LogP contribution is 2.27. The number of halogens is 2. The average Bonchev–Trinajstić information content (AvgIpc) is 2.43. The lowest BCUT2D eigenvalue weighted by Crippen LogP contribution is -2.59. The van der Waals surface area contributed by atoms with Crippen LogP contribution in [0.3, 0.4) is 0 Å². The number of nitrogens with one attached hydrogen (secondary N) is 1. The molecule has 0 spiro atoms. The van der Waals surface area contributed by atoms with E-state index >= 15 is 0 Å². The second kappa shape index (κ2) is 6.32. The highest BCUT2D eigenvalue weighted by molar-refractivity contribution is 6.34. The number of imide groups is 1. The van der Waals surface area contributed by atoms with Gasteiger partial charge in [0.1, 0.15) is 18.3 Å². The van der Waals surface area contributed by atoms with Gasteiger partial charge >= 0.3 is 0 Å². The van der Waals surface area contributed by atoms with E-state index in [0.717, 1.165) is 4.90 Å². The van der Waals surface area contributed by atoms with Crippen LogP contribution in [-0.4, -0.2) is 41.8 Å². The number of amides is 3. The summed E-state index contributed by atoms with van der Waals surface area (Å²) in [6.45, 7) is 1.01. The van der Waals surface area contributed by atoms with E-state index in [1.54, 1.807) is 12.1 Å².